The highest BCUT2D eigenvalue weighted by Gasteiger charge is 2.07. The maximum absolute atomic E-state index is 4.51. The van der Waals surface area contributed by atoms with E-state index in [2.05, 4.69) is 32.3 Å². The summed E-state index contributed by atoms with van der Waals surface area (Å²) >= 11 is 0. The van der Waals surface area contributed by atoms with Crippen LogP contribution >= 0.6 is 0 Å². The first kappa shape index (κ1) is 14.3. The van der Waals surface area contributed by atoms with E-state index in [4.69, 9.17) is 0 Å². The number of rotatable bonds is 3. The molecule has 0 fully saturated rings. The van der Waals surface area contributed by atoms with Gasteiger partial charge < -0.3 is 0 Å². The van der Waals surface area contributed by atoms with Crippen molar-refractivity contribution in [3.05, 3.63) is 61.4 Å². The van der Waals surface area contributed by atoms with E-state index in [1.807, 2.05) is 57.2 Å². The van der Waals surface area contributed by atoms with Gasteiger partial charge >= 0.3 is 0 Å². The summed E-state index contributed by atoms with van der Waals surface area (Å²) < 4.78 is 3.56. The lowest BCUT2D eigenvalue weighted by Gasteiger charge is -2.04. The molecule has 3 aromatic heterocycles. The average molecular weight is 316 g/mol. The molecule has 24 heavy (non-hydrogen) atoms. The van der Waals surface area contributed by atoms with Crippen molar-refractivity contribution >= 4 is 0 Å². The molecule has 0 bridgehead atoms. The minimum absolute atomic E-state index is 0.702. The Hall–Kier alpha value is -3.28. The Labute approximate surface area is 139 Å². The largest absolute Gasteiger partial charge is 0.275 e. The van der Waals surface area contributed by atoms with E-state index in [0.29, 0.717) is 5.82 Å². The quantitative estimate of drug-likeness (QED) is 0.583. The fourth-order valence-corrected chi connectivity index (χ4v) is 2.60. The van der Waals surface area contributed by atoms with Crippen LogP contribution in [0.4, 0.5) is 0 Å². The van der Waals surface area contributed by atoms with Crippen LogP contribution in [0.15, 0.2) is 61.4 Å². The number of nitrogens with zero attached hydrogens (tertiary/aromatic N) is 6. The molecular weight excluding hydrogens is 300 g/mol. The molecule has 0 atom stereocenters. The van der Waals surface area contributed by atoms with Gasteiger partial charge in [0.2, 0.25) is 0 Å². The second-order valence-corrected chi connectivity index (χ2v) is 5.68. The maximum Gasteiger partial charge on any atom is 0.159 e. The Balaban J connectivity index is 1.66. The molecule has 0 aliphatic carbocycles. The lowest BCUT2D eigenvalue weighted by Crippen LogP contribution is -1.90. The minimum Gasteiger partial charge on any atom is -0.275 e. The molecule has 0 N–H and O–H groups in total. The topological polar surface area (TPSA) is 61.4 Å². The predicted octanol–water partition coefficient (Wildman–Crippen LogP) is 2.94. The van der Waals surface area contributed by atoms with Crippen LogP contribution in [0.3, 0.4) is 0 Å². The number of aryl methyl sites for hydroxylation is 2. The maximum atomic E-state index is 4.51. The highest BCUT2D eigenvalue weighted by Crippen LogP contribution is 2.25. The third-order valence-electron chi connectivity index (χ3n) is 3.85. The Morgan fingerprint density at radius 2 is 1.25 bits per heavy atom. The summed E-state index contributed by atoms with van der Waals surface area (Å²) in [6.45, 7) is 0. The Bertz CT molecular complexity index is 981. The van der Waals surface area contributed by atoms with Gasteiger partial charge in [-0.3, -0.25) is 9.36 Å². The van der Waals surface area contributed by atoms with E-state index in [1.165, 1.54) is 0 Å². The Kier molecular flexibility index (Phi) is 3.42. The van der Waals surface area contributed by atoms with Crippen molar-refractivity contribution in [3.8, 4) is 33.6 Å². The molecule has 6 nitrogen and oxygen atoms in total. The minimum atomic E-state index is 0.702. The van der Waals surface area contributed by atoms with E-state index in [1.54, 1.807) is 15.6 Å². The van der Waals surface area contributed by atoms with Crippen LogP contribution in [0.25, 0.3) is 33.6 Å². The van der Waals surface area contributed by atoms with Crippen LogP contribution in [0, 0.1) is 0 Å². The molecule has 118 valence electrons. The second kappa shape index (κ2) is 5.73. The van der Waals surface area contributed by atoms with Gasteiger partial charge in [0, 0.05) is 61.1 Å². The SMILES string of the molecule is Cn1cc(-c2cnc(-c3cccc(-c4cnn(C)c4)c3)nc2)cn1. The van der Waals surface area contributed by atoms with Crippen molar-refractivity contribution in [2.75, 3.05) is 0 Å². The fraction of sp³-hybridized carbons (Fsp3) is 0.111. The lowest BCUT2D eigenvalue weighted by molar-refractivity contribution is 0.768. The Morgan fingerprint density at radius 1 is 0.667 bits per heavy atom. The van der Waals surface area contributed by atoms with Gasteiger partial charge in [-0.05, 0) is 11.6 Å². The summed E-state index contributed by atoms with van der Waals surface area (Å²) in [5.74, 6) is 0.702. The second-order valence-electron chi connectivity index (χ2n) is 5.68. The molecule has 0 amide bonds. The van der Waals surface area contributed by atoms with Crippen LogP contribution in [-0.4, -0.2) is 29.5 Å². The molecule has 0 saturated carbocycles. The molecule has 4 aromatic rings. The molecule has 6 heteroatoms. The number of hydrogen-bond acceptors (Lipinski definition) is 4. The summed E-state index contributed by atoms with van der Waals surface area (Å²) in [5, 5.41) is 8.39. The zero-order valence-electron chi connectivity index (χ0n) is 13.5. The number of hydrogen-bond donors (Lipinski definition) is 0. The van der Waals surface area contributed by atoms with Gasteiger partial charge in [-0.2, -0.15) is 10.2 Å². The first-order valence-electron chi connectivity index (χ1n) is 7.59. The van der Waals surface area contributed by atoms with Gasteiger partial charge in [0.05, 0.1) is 12.4 Å². The standard InChI is InChI=1S/C18H16N6/c1-23-11-16(9-21-23)13-4-3-5-14(6-13)18-19-7-15(8-20-18)17-10-22-24(2)12-17/h3-12H,1-2H3. The first-order valence-corrected chi connectivity index (χ1v) is 7.59. The molecule has 0 aliphatic heterocycles. The summed E-state index contributed by atoms with van der Waals surface area (Å²) in [5.41, 5.74) is 5.12. The Morgan fingerprint density at radius 3 is 1.83 bits per heavy atom. The van der Waals surface area contributed by atoms with E-state index < -0.39 is 0 Å². The fourth-order valence-electron chi connectivity index (χ4n) is 2.60. The van der Waals surface area contributed by atoms with E-state index in [0.717, 1.165) is 27.8 Å². The predicted molar refractivity (Wildman–Crippen MR) is 91.9 cm³/mol. The van der Waals surface area contributed by atoms with Gasteiger partial charge in [0.1, 0.15) is 0 Å². The van der Waals surface area contributed by atoms with E-state index in [9.17, 15) is 0 Å². The van der Waals surface area contributed by atoms with Crippen LogP contribution in [0.1, 0.15) is 0 Å². The van der Waals surface area contributed by atoms with Crippen LogP contribution < -0.4 is 0 Å². The van der Waals surface area contributed by atoms with Crippen molar-refractivity contribution < 1.29 is 0 Å². The zero-order valence-corrected chi connectivity index (χ0v) is 13.5. The number of benzene rings is 1. The highest BCUT2D eigenvalue weighted by atomic mass is 15.2. The smallest absolute Gasteiger partial charge is 0.159 e. The summed E-state index contributed by atoms with van der Waals surface area (Å²) in [4.78, 5) is 9.01. The van der Waals surface area contributed by atoms with Crippen molar-refractivity contribution in [1.29, 1.82) is 0 Å². The molecular formula is C18H16N6. The van der Waals surface area contributed by atoms with Crippen LogP contribution in [0.5, 0.6) is 0 Å². The highest BCUT2D eigenvalue weighted by molar-refractivity contribution is 5.70. The molecule has 0 unspecified atom stereocenters. The molecule has 0 spiro atoms. The van der Waals surface area contributed by atoms with Crippen molar-refractivity contribution in [3.63, 3.8) is 0 Å². The van der Waals surface area contributed by atoms with E-state index in [-0.39, 0.29) is 0 Å². The monoisotopic (exact) mass is 316 g/mol. The molecule has 0 radical (unpaired) electrons. The summed E-state index contributed by atoms with van der Waals surface area (Å²) in [7, 11) is 3.80. The average Bonchev–Trinajstić information content (AvgIpc) is 3.24. The molecule has 3 heterocycles. The normalized spacial score (nSPS) is 10.9. The molecule has 1 aromatic carbocycles. The molecule has 0 saturated heterocycles. The van der Waals surface area contributed by atoms with Crippen molar-refractivity contribution in [1.82, 2.24) is 29.5 Å². The third kappa shape index (κ3) is 2.69. The summed E-state index contributed by atoms with van der Waals surface area (Å²) in [6.07, 6.45) is 11.3. The van der Waals surface area contributed by atoms with Gasteiger partial charge in [-0.25, -0.2) is 9.97 Å². The van der Waals surface area contributed by atoms with Crippen LogP contribution in [0.2, 0.25) is 0 Å². The lowest BCUT2D eigenvalue weighted by atomic mass is 10.1. The number of aromatic nitrogens is 6. The van der Waals surface area contributed by atoms with Gasteiger partial charge in [0.25, 0.3) is 0 Å². The summed E-state index contributed by atoms with van der Waals surface area (Å²) in [6, 6.07) is 8.16. The van der Waals surface area contributed by atoms with Crippen LogP contribution in [-0.2, 0) is 14.1 Å². The van der Waals surface area contributed by atoms with Crippen molar-refractivity contribution in [2.45, 2.75) is 0 Å². The van der Waals surface area contributed by atoms with Gasteiger partial charge in [-0.15, -0.1) is 0 Å². The third-order valence-corrected chi connectivity index (χ3v) is 3.85. The molecule has 4 rings (SSSR count). The van der Waals surface area contributed by atoms with Gasteiger partial charge in [-0.1, -0.05) is 18.2 Å². The van der Waals surface area contributed by atoms with Crippen molar-refractivity contribution in [2.24, 2.45) is 14.1 Å². The van der Waals surface area contributed by atoms with Gasteiger partial charge in [0.15, 0.2) is 5.82 Å². The first-order chi connectivity index (χ1) is 11.7. The molecule has 0 aliphatic rings. The van der Waals surface area contributed by atoms with E-state index >= 15 is 0 Å². The zero-order chi connectivity index (χ0) is 16.5.